The molecule has 1 aromatic carbocycles. The van der Waals surface area contributed by atoms with Gasteiger partial charge in [0.25, 0.3) is 5.91 Å². The summed E-state index contributed by atoms with van der Waals surface area (Å²) in [6.45, 7) is 0.000619. The number of carbonyl (C=O) groups is 1. The maximum absolute atomic E-state index is 11.6. The maximum Gasteiger partial charge on any atom is 0.264 e. The van der Waals surface area contributed by atoms with Crippen LogP contribution in [-0.4, -0.2) is 32.4 Å². The van der Waals surface area contributed by atoms with E-state index in [9.17, 15) is 4.79 Å². The molecule has 0 aliphatic carbocycles. The molecule has 5 heteroatoms. The van der Waals surface area contributed by atoms with Gasteiger partial charge in [-0.3, -0.25) is 4.79 Å². The van der Waals surface area contributed by atoms with Crippen LogP contribution in [0.25, 0.3) is 11.1 Å². The van der Waals surface area contributed by atoms with Gasteiger partial charge in [0.05, 0.1) is 0 Å². The van der Waals surface area contributed by atoms with Gasteiger partial charge in [0.15, 0.2) is 6.61 Å². The summed E-state index contributed by atoms with van der Waals surface area (Å²) in [6, 6.07) is 11.5. The zero-order valence-corrected chi connectivity index (χ0v) is 10.5. The largest absolute Gasteiger partial charge is 0.466 e. The van der Waals surface area contributed by atoms with Gasteiger partial charge in [-0.1, -0.05) is 30.3 Å². The number of aromatic nitrogens is 1. The van der Waals surface area contributed by atoms with Crippen molar-refractivity contribution in [2.75, 3.05) is 18.6 Å². The number of rotatable bonds is 1. The van der Waals surface area contributed by atoms with Crippen molar-refractivity contribution in [2.24, 2.45) is 0 Å². The predicted molar refractivity (Wildman–Crippen MR) is 74.0 cm³/mol. The highest BCUT2D eigenvalue weighted by molar-refractivity contribution is 6.34. The second kappa shape index (κ2) is 4.42. The van der Waals surface area contributed by atoms with Crippen LogP contribution < -0.4 is 15.2 Å². The van der Waals surface area contributed by atoms with Crippen molar-refractivity contribution >= 4 is 25.0 Å². The monoisotopic (exact) mass is 250 g/mol. The Kier molecular flexibility index (Phi) is 2.74. The molecular weight excluding hydrogens is 239 g/mol. The third kappa shape index (κ3) is 1.97. The van der Waals surface area contributed by atoms with Crippen LogP contribution in [0, 0.1) is 0 Å². The minimum atomic E-state index is -0.0990. The molecule has 3 rings (SSSR count). The zero-order chi connectivity index (χ0) is 13.4. The molecule has 4 nitrogen and oxygen atoms in total. The first kappa shape index (κ1) is 11.8. The topological polar surface area (TPSA) is 42.4 Å². The Hall–Kier alpha value is -2.30. The van der Waals surface area contributed by atoms with E-state index in [1.54, 1.807) is 7.05 Å². The predicted octanol–water partition coefficient (Wildman–Crippen LogP) is 0.898. The molecule has 2 aromatic rings. The van der Waals surface area contributed by atoms with Gasteiger partial charge in [0.1, 0.15) is 13.5 Å². The summed E-state index contributed by atoms with van der Waals surface area (Å²) in [5.74, 6) is 0.303. The Balaban J connectivity index is 2.16. The maximum atomic E-state index is 11.6. The summed E-state index contributed by atoms with van der Waals surface area (Å²) in [6.07, 6.45) is 0. The summed E-state index contributed by atoms with van der Waals surface area (Å²) in [5, 5.41) is 0. The number of ether oxygens (including phenoxy) is 1. The fourth-order valence-corrected chi connectivity index (χ4v) is 2.06. The molecule has 92 valence electrons. The van der Waals surface area contributed by atoms with E-state index in [0.717, 1.165) is 11.1 Å². The van der Waals surface area contributed by atoms with Crippen LogP contribution in [0.4, 0.5) is 5.69 Å². The molecule has 0 unspecified atom stereocenters. The van der Waals surface area contributed by atoms with Gasteiger partial charge in [-0.2, -0.15) is 0 Å². The molecule has 0 fully saturated rings. The summed E-state index contributed by atoms with van der Waals surface area (Å²) >= 11 is 0. The molecule has 1 amide bonds. The second-order valence-corrected chi connectivity index (χ2v) is 4.35. The van der Waals surface area contributed by atoms with Crippen LogP contribution in [0.3, 0.4) is 0 Å². The molecule has 2 heterocycles. The van der Waals surface area contributed by atoms with Crippen molar-refractivity contribution in [3.05, 3.63) is 36.4 Å². The molecule has 2 radical (unpaired) electrons. The van der Waals surface area contributed by atoms with Crippen molar-refractivity contribution in [1.82, 2.24) is 4.98 Å². The summed E-state index contributed by atoms with van der Waals surface area (Å²) in [7, 11) is 7.67. The first-order valence-corrected chi connectivity index (χ1v) is 5.92. The minimum absolute atomic E-state index is 0.000619. The lowest BCUT2D eigenvalue weighted by atomic mass is 9.92. The first-order valence-electron chi connectivity index (χ1n) is 5.92. The molecule has 0 saturated heterocycles. The number of likely N-dealkylation sites (N-methyl/N-ethyl adjacent to an activating group) is 1. The quantitative estimate of drug-likeness (QED) is 0.706. The minimum Gasteiger partial charge on any atom is -0.466 e. The zero-order valence-electron chi connectivity index (χ0n) is 10.5. The van der Waals surface area contributed by atoms with E-state index in [1.807, 2.05) is 36.4 Å². The molecule has 0 atom stereocenters. The number of nitrogens with zero attached hydrogens (tertiary/aromatic N) is 2. The Morgan fingerprint density at radius 1 is 1.32 bits per heavy atom. The number of fused-ring (bicyclic) bond motifs is 1. The van der Waals surface area contributed by atoms with Crippen LogP contribution in [0.1, 0.15) is 0 Å². The number of carbonyl (C=O) groups excluding carboxylic acids is 1. The molecule has 0 bridgehead atoms. The fourth-order valence-electron chi connectivity index (χ4n) is 2.06. The smallest absolute Gasteiger partial charge is 0.264 e. The van der Waals surface area contributed by atoms with E-state index in [-0.39, 0.29) is 12.5 Å². The van der Waals surface area contributed by atoms with Gasteiger partial charge in [-0.15, -0.1) is 0 Å². The Morgan fingerprint density at radius 2 is 2.05 bits per heavy atom. The second-order valence-electron chi connectivity index (χ2n) is 4.35. The van der Waals surface area contributed by atoms with Gasteiger partial charge >= 0.3 is 0 Å². The van der Waals surface area contributed by atoms with Gasteiger partial charge in [0, 0.05) is 7.05 Å². The van der Waals surface area contributed by atoms with E-state index >= 15 is 0 Å². The van der Waals surface area contributed by atoms with E-state index in [0.29, 0.717) is 17.2 Å². The van der Waals surface area contributed by atoms with Crippen LogP contribution in [0.15, 0.2) is 36.4 Å². The molecule has 1 aromatic heterocycles. The van der Waals surface area contributed by atoms with E-state index in [1.165, 1.54) is 4.90 Å². The number of hydrogen-bond acceptors (Lipinski definition) is 3. The SMILES string of the molecule is [B]c1nc2c(cc1-c1ccccc1)N(C)C(=O)CO2. The highest BCUT2D eigenvalue weighted by Crippen LogP contribution is 2.31. The molecule has 19 heavy (non-hydrogen) atoms. The average molecular weight is 250 g/mol. The van der Waals surface area contributed by atoms with Crippen LogP contribution in [0.5, 0.6) is 5.88 Å². The number of hydrogen-bond donors (Lipinski definition) is 0. The van der Waals surface area contributed by atoms with Gasteiger partial charge in [0.2, 0.25) is 5.88 Å². The molecular formula is C14H11BN2O2. The lowest BCUT2D eigenvalue weighted by molar-refractivity contribution is -0.121. The van der Waals surface area contributed by atoms with Crippen molar-refractivity contribution in [2.45, 2.75) is 0 Å². The highest BCUT2D eigenvalue weighted by Gasteiger charge is 2.24. The van der Waals surface area contributed by atoms with Crippen LogP contribution in [0.2, 0.25) is 0 Å². The average Bonchev–Trinajstić information content (AvgIpc) is 2.44. The van der Waals surface area contributed by atoms with Gasteiger partial charge in [-0.05, 0) is 22.8 Å². The lowest BCUT2D eigenvalue weighted by Gasteiger charge is -2.26. The Bertz CT molecular complexity index is 643. The Labute approximate surface area is 112 Å². The molecule has 0 spiro atoms. The highest BCUT2D eigenvalue weighted by atomic mass is 16.5. The van der Waals surface area contributed by atoms with Crippen LogP contribution >= 0.6 is 0 Å². The fraction of sp³-hybridized carbons (Fsp3) is 0.143. The first-order chi connectivity index (χ1) is 9.16. The molecule has 0 saturated carbocycles. The number of anilines is 1. The summed E-state index contributed by atoms with van der Waals surface area (Å²) in [5.41, 5.74) is 2.79. The number of benzene rings is 1. The summed E-state index contributed by atoms with van der Waals surface area (Å²) in [4.78, 5) is 17.4. The lowest BCUT2D eigenvalue weighted by Crippen LogP contribution is -2.36. The molecule has 1 aliphatic rings. The van der Waals surface area contributed by atoms with Crippen molar-refractivity contribution in [1.29, 1.82) is 0 Å². The van der Waals surface area contributed by atoms with Crippen molar-refractivity contribution in [3.8, 4) is 17.0 Å². The van der Waals surface area contributed by atoms with E-state index in [2.05, 4.69) is 4.98 Å². The summed E-state index contributed by atoms with van der Waals surface area (Å²) < 4.78 is 5.30. The normalized spacial score (nSPS) is 13.9. The third-order valence-corrected chi connectivity index (χ3v) is 3.15. The third-order valence-electron chi connectivity index (χ3n) is 3.15. The number of amides is 1. The van der Waals surface area contributed by atoms with E-state index in [4.69, 9.17) is 12.6 Å². The van der Waals surface area contributed by atoms with E-state index < -0.39 is 0 Å². The Morgan fingerprint density at radius 3 is 2.79 bits per heavy atom. The standard InChI is InChI=1S/C14H11BN2O2/c1-17-11-7-10(9-5-3-2-4-6-9)13(15)16-14(11)19-8-12(17)18/h2-7H,8H2,1H3. The molecule has 1 aliphatic heterocycles. The van der Waals surface area contributed by atoms with Gasteiger partial charge in [-0.25, -0.2) is 4.98 Å². The number of pyridine rings is 1. The van der Waals surface area contributed by atoms with Gasteiger partial charge < -0.3 is 9.64 Å². The van der Waals surface area contributed by atoms with Crippen molar-refractivity contribution in [3.63, 3.8) is 0 Å². The molecule has 0 N–H and O–H groups in total. The van der Waals surface area contributed by atoms with Crippen LogP contribution in [-0.2, 0) is 4.79 Å². The van der Waals surface area contributed by atoms with Crippen molar-refractivity contribution < 1.29 is 9.53 Å².